The summed E-state index contributed by atoms with van der Waals surface area (Å²) < 4.78 is 24.2. The van der Waals surface area contributed by atoms with Gasteiger partial charge in [-0.15, -0.1) is 0 Å². The Balaban J connectivity index is 2.41. The zero-order chi connectivity index (χ0) is 20.8. The Hall–Kier alpha value is -2.52. The summed E-state index contributed by atoms with van der Waals surface area (Å²) in [7, 11) is -2.47. The standard InChI is InChI=1S/C22H26O5P/c1-6-26-17-12-9-13-18(27-7-2)20(17)21(23)16(5)28(25)22(24)19-14(3)10-8-11-15(19)4/h8-13,16H,6-7H2,1-5H3/q+1. The Kier molecular flexibility index (Phi) is 7.47. The Morgan fingerprint density at radius 1 is 0.893 bits per heavy atom. The van der Waals surface area contributed by atoms with E-state index in [2.05, 4.69) is 0 Å². The first kappa shape index (κ1) is 21.8. The van der Waals surface area contributed by atoms with Gasteiger partial charge in [0.25, 0.3) is 0 Å². The molecule has 0 saturated carbocycles. The largest absolute Gasteiger partial charge is 0.493 e. The molecule has 2 atom stereocenters. The highest BCUT2D eigenvalue weighted by Crippen LogP contribution is 2.40. The maximum Gasteiger partial charge on any atom is 0.431 e. The second-order valence-corrected chi connectivity index (χ2v) is 8.27. The van der Waals surface area contributed by atoms with Crippen molar-refractivity contribution in [2.75, 3.05) is 13.2 Å². The second-order valence-electron chi connectivity index (χ2n) is 6.43. The van der Waals surface area contributed by atoms with Crippen LogP contribution in [0.2, 0.25) is 0 Å². The van der Waals surface area contributed by atoms with Gasteiger partial charge in [0, 0.05) is 0 Å². The number of ketones is 1. The molecule has 2 rings (SSSR count). The van der Waals surface area contributed by atoms with Crippen LogP contribution >= 0.6 is 7.80 Å². The molecule has 148 valence electrons. The lowest BCUT2D eigenvalue weighted by Crippen LogP contribution is -2.19. The Morgan fingerprint density at radius 3 is 1.82 bits per heavy atom. The number of ether oxygens (including phenoxy) is 2. The molecule has 0 radical (unpaired) electrons. The van der Waals surface area contributed by atoms with Crippen LogP contribution in [0.1, 0.15) is 52.6 Å². The third-order valence-electron chi connectivity index (χ3n) is 4.46. The van der Waals surface area contributed by atoms with Gasteiger partial charge in [-0.05, 0) is 57.9 Å². The summed E-state index contributed by atoms with van der Waals surface area (Å²) in [5, 5.41) is 0. The number of hydrogen-bond acceptors (Lipinski definition) is 5. The molecule has 0 fully saturated rings. The summed E-state index contributed by atoms with van der Waals surface area (Å²) >= 11 is 0. The van der Waals surface area contributed by atoms with Crippen LogP contribution in [0.25, 0.3) is 0 Å². The molecular formula is C22H26O5P+. The smallest absolute Gasteiger partial charge is 0.431 e. The van der Waals surface area contributed by atoms with Gasteiger partial charge in [0.15, 0.2) is 0 Å². The molecule has 0 amide bonds. The third kappa shape index (κ3) is 4.48. The Bertz CT molecular complexity index is 859. The highest BCUT2D eigenvalue weighted by molar-refractivity contribution is 7.66. The van der Waals surface area contributed by atoms with Gasteiger partial charge in [-0.1, -0.05) is 28.8 Å². The quantitative estimate of drug-likeness (QED) is 0.419. The SMILES string of the molecule is CCOc1cccc(OCC)c1C(=O)C(C)[P+](=O)C(=O)c1c(C)cccc1C. The minimum Gasteiger partial charge on any atom is -0.493 e. The number of carbonyl (C=O) groups is 2. The van der Waals surface area contributed by atoms with Crippen molar-refractivity contribution in [3.63, 3.8) is 0 Å². The van der Waals surface area contributed by atoms with Crippen LogP contribution in [0.5, 0.6) is 11.5 Å². The van der Waals surface area contributed by atoms with E-state index in [9.17, 15) is 14.2 Å². The van der Waals surface area contributed by atoms with Crippen molar-refractivity contribution < 1.29 is 23.6 Å². The van der Waals surface area contributed by atoms with Crippen molar-refractivity contribution in [1.82, 2.24) is 0 Å². The van der Waals surface area contributed by atoms with Gasteiger partial charge < -0.3 is 9.47 Å². The molecule has 6 heteroatoms. The number of rotatable bonds is 9. The van der Waals surface area contributed by atoms with Crippen molar-refractivity contribution in [3.05, 3.63) is 58.7 Å². The first-order valence-corrected chi connectivity index (χ1v) is 10.7. The van der Waals surface area contributed by atoms with E-state index < -0.39 is 24.8 Å². The highest BCUT2D eigenvalue weighted by atomic mass is 31.1. The van der Waals surface area contributed by atoms with Crippen molar-refractivity contribution in [2.45, 2.75) is 40.3 Å². The fourth-order valence-corrected chi connectivity index (χ4v) is 4.33. The third-order valence-corrected chi connectivity index (χ3v) is 6.02. The molecule has 5 nitrogen and oxygen atoms in total. The van der Waals surface area contributed by atoms with Crippen molar-refractivity contribution in [2.24, 2.45) is 0 Å². The average Bonchev–Trinajstić information content (AvgIpc) is 2.67. The van der Waals surface area contributed by atoms with Crippen LogP contribution in [-0.2, 0) is 4.57 Å². The summed E-state index contributed by atoms with van der Waals surface area (Å²) in [4.78, 5) is 26.1. The fraction of sp³-hybridized carbons (Fsp3) is 0.364. The summed E-state index contributed by atoms with van der Waals surface area (Å²) in [5.74, 6) is 0.314. The Morgan fingerprint density at radius 2 is 1.36 bits per heavy atom. The molecule has 28 heavy (non-hydrogen) atoms. The van der Waals surface area contributed by atoms with E-state index in [1.165, 1.54) is 6.92 Å². The molecule has 0 spiro atoms. The average molecular weight is 401 g/mol. The van der Waals surface area contributed by atoms with E-state index in [4.69, 9.17) is 9.47 Å². The molecule has 0 aliphatic carbocycles. The molecular weight excluding hydrogens is 375 g/mol. The van der Waals surface area contributed by atoms with Gasteiger partial charge in [-0.3, -0.25) is 4.79 Å². The van der Waals surface area contributed by atoms with Crippen LogP contribution in [0.4, 0.5) is 0 Å². The number of hydrogen-bond donors (Lipinski definition) is 0. The summed E-state index contributed by atoms with van der Waals surface area (Å²) in [6, 6.07) is 10.5. The van der Waals surface area contributed by atoms with E-state index in [-0.39, 0.29) is 5.56 Å². The number of Topliss-reactive ketones (excluding diaryl/α,β-unsaturated/α-hetero) is 1. The molecule has 0 heterocycles. The summed E-state index contributed by atoms with van der Waals surface area (Å²) in [6.07, 6.45) is 0. The molecule has 2 aromatic carbocycles. The van der Waals surface area contributed by atoms with Gasteiger partial charge in [0.2, 0.25) is 11.4 Å². The van der Waals surface area contributed by atoms with Crippen LogP contribution in [-0.4, -0.2) is 30.2 Å². The molecule has 0 N–H and O–H groups in total. The molecule has 0 aromatic heterocycles. The Labute approximate surface area is 166 Å². The molecule has 2 unspecified atom stereocenters. The number of aryl methyl sites for hydroxylation is 2. The summed E-state index contributed by atoms with van der Waals surface area (Å²) in [5.41, 5.74) is 0.652. The van der Waals surface area contributed by atoms with Gasteiger partial charge in [-0.2, -0.15) is 0 Å². The molecule has 2 aromatic rings. The summed E-state index contributed by atoms with van der Waals surface area (Å²) in [6.45, 7) is 9.49. The van der Waals surface area contributed by atoms with Gasteiger partial charge >= 0.3 is 13.3 Å². The predicted octanol–water partition coefficient (Wildman–Crippen LogP) is 5.34. The van der Waals surface area contributed by atoms with E-state index in [1.807, 2.05) is 19.9 Å². The number of carbonyl (C=O) groups excluding carboxylic acids is 2. The first-order valence-electron chi connectivity index (χ1n) is 9.33. The minimum atomic E-state index is -2.47. The predicted molar refractivity (Wildman–Crippen MR) is 110 cm³/mol. The van der Waals surface area contributed by atoms with Crippen LogP contribution in [0.15, 0.2) is 36.4 Å². The van der Waals surface area contributed by atoms with Crippen molar-refractivity contribution in [1.29, 1.82) is 0 Å². The lowest BCUT2D eigenvalue weighted by atomic mass is 10.0. The maximum atomic E-state index is 13.2. The molecule has 0 aliphatic heterocycles. The lowest BCUT2D eigenvalue weighted by molar-refractivity contribution is 0.0975. The van der Waals surface area contributed by atoms with E-state index >= 15 is 0 Å². The first-order chi connectivity index (χ1) is 13.3. The normalized spacial score (nSPS) is 12.2. The minimum absolute atomic E-state index is 0.233. The maximum absolute atomic E-state index is 13.2. The number of benzene rings is 2. The van der Waals surface area contributed by atoms with E-state index in [0.29, 0.717) is 30.3 Å². The topological polar surface area (TPSA) is 69.7 Å². The van der Waals surface area contributed by atoms with Gasteiger partial charge in [0.05, 0.1) is 18.8 Å². The molecule has 0 saturated heterocycles. The highest BCUT2D eigenvalue weighted by Gasteiger charge is 2.44. The molecule has 0 bridgehead atoms. The monoisotopic (exact) mass is 401 g/mol. The zero-order valence-electron chi connectivity index (χ0n) is 16.9. The van der Waals surface area contributed by atoms with Crippen molar-refractivity contribution >= 4 is 19.1 Å². The fourth-order valence-electron chi connectivity index (χ4n) is 3.06. The van der Waals surface area contributed by atoms with Crippen LogP contribution < -0.4 is 9.47 Å². The van der Waals surface area contributed by atoms with Crippen LogP contribution in [0, 0.1) is 13.8 Å². The zero-order valence-corrected chi connectivity index (χ0v) is 17.8. The van der Waals surface area contributed by atoms with Crippen LogP contribution in [0.3, 0.4) is 0 Å². The molecule has 0 aliphatic rings. The van der Waals surface area contributed by atoms with Gasteiger partial charge in [0.1, 0.15) is 17.1 Å². The van der Waals surface area contributed by atoms with Crippen molar-refractivity contribution in [3.8, 4) is 11.5 Å². The van der Waals surface area contributed by atoms with Gasteiger partial charge in [-0.25, -0.2) is 4.79 Å². The van der Waals surface area contributed by atoms with E-state index in [0.717, 1.165) is 11.1 Å². The second kappa shape index (κ2) is 9.61. The lowest BCUT2D eigenvalue weighted by Gasteiger charge is -2.14. The van der Waals surface area contributed by atoms with E-state index in [1.54, 1.807) is 44.2 Å².